The monoisotopic (exact) mass is 265 g/mol. The zero-order chi connectivity index (χ0) is 13.6. The number of rotatable bonds is 5. The van der Waals surface area contributed by atoms with Crippen molar-refractivity contribution in [3.05, 3.63) is 21.9 Å². The summed E-state index contributed by atoms with van der Waals surface area (Å²) in [4.78, 5) is 3.04. The van der Waals surface area contributed by atoms with Crippen LogP contribution in [-0.2, 0) is 12.8 Å². The van der Waals surface area contributed by atoms with Crippen molar-refractivity contribution in [2.24, 2.45) is 16.7 Å². The van der Waals surface area contributed by atoms with Crippen LogP contribution in [0.3, 0.4) is 0 Å². The second-order valence-electron chi connectivity index (χ2n) is 6.74. The summed E-state index contributed by atoms with van der Waals surface area (Å²) in [5, 5.41) is 3.56. The molecule has 1 aliphatic carbocycles. The SMILES string of the molecule is CCc1ccc(CC(NC)C2C(C)(C)C2(C)C)s1. The zero-order valence-electron chi connectivity index (χ0n) is 12.6. The van der Waals surface area contributed by atoms with Gasteiger partial charge in [0.25, 0.3) is 0 Å². The molecule has 1 aromatic rings. The van der Waals surface area contributed by atoms with Crippen molar-refractivity contribution in [2.75, 3.05) is 7.05 Å². The average Bonchev–Trinajstić information content (AvgIpc) is 2.69. The standard InChI is InChI=1S/C16H27NS/c1-7-11-8-9-12(18-11)10-13(17-6)14-15(2,3)16(14,4)5/h8-9,13-14,17H,7,10H2,1-6H3. The molecule has 1 N–H and O–H groups in total. The molecule has 1 nitrogen and oxygen atoms in total. The Morgan fingerprint density at radius 2 is 1.72 bits per heavy atom. The fourth-order valence-electron chi connectivity index (χ4n) is 3.58. The summed E-state index contributed by atoms with van der Waals surface area (Å²) in [5.41, 5.74) is 0.928. The number of nitrogens with one attached hydrogen (secondary N) is 1. The number of thiophene rings is 1. The summed E-state index contributed by atoms with van der Waals surface area (Å²) in [6.07, 6.45) is 2.34. The molecule has 1 aromatic heterocycles. The van der Waals surface area contributed by atoms with Crippen molar-refractivity contribution in [2.45, 2.75) is 53.5 Å². The van der Waals surface area contributed by atoms with Gasteiger partial charge >= 0.3 is 0 Å². The summed E-state index contributed by atoms with van der Waals surface area (Å²) >= 11 is 1.98. The third kappa shape index (κ3) is 2.14. The first-order chi connectivity index (χ1) is 8.34. The van der Waals surface area contributed by atoms with Crippen LogP contribution in [0.1, 0.15) is 44.4 Å². The second kappa shape index (κ2) is 4.64. The molecule has 1 heterocycles. The number of likely N-dealkylation sites (N-methyl/N-ethyl adjacent to an activating group) is 1. The summed E-state index contributed by atoms with van der Waals surface area (Å²) in [6, 6.07) is 5.21. The molecular formula is C16H27NS. The predicted molar refractivity (Wildman–Crippen MR) is 81.3 cm³/mol. The quantitative estimate of drug-likeness (QED) is 0.844. The van der Waals surface area contributed by atoms with Crippen LogP contribution < -0.4 is 5.32 Å². The molecule has 18 heavy (non-hydrogen) atoms. The summed E-state index contributed by atoms with van der Waals surface area (Å²) in [7, 11) is 2.11. The molecule has 1 saturated carbocycles. The Hall–Kier alpha value is -0.340. The maximum absolute atomic E-state index is 3.56. The Bertz CT molecular complexity index is 402. The number of hydrogen-bond donors (Lipinski definition) is 1. The zero-order valence-corrected chi connectivity index (χ0v) is 13.4. The lowest BCUT2D eigenvalue weighted by molar-refractivity contribution is 0.423. The molecule has 1 aliphatic rings. The Morgan fingerprint density at radius 3 is 2.11 bits per heavy atom. The van der Waals surface area contributed by atoms with E-state index in [1.807, 2.05) is 11.3 Å². The van der Waals surface area contributed by atoms with Crippen molar-refractivity contribution < 1.29 is 0 Å². The molecule has 1 unspecified atom stereocenters. The van der Waals surface area contributed by atoms with Crippen LogP contribution in [-0.4, -0.2) is 13.1 Å². The molecule has 0 radical (unpaired) electrons. The van der Waals surface area contributed by atoms with E-state index in [-0.39, 0.29) is 0 Å². The highest BCUT2D eigenvalue weighted by Crippen LogP contribution is 2.69. The van der Waals surface area contributed by atoms with E-state index >= 15 is 0 Å². The normalized spacial score (nSPS) is 23.0. The first-order valence-electron chi connectivity index (χ1n) is 7.09. The van der Waals surface area contributed by atoms with Gasteiger partial charge in [-0.25, -0.2) is 0 Å². The van der Waals surface area contributed by atoms with Crippen LogP contribution in [0.25, 0.3) is 0 Å². The summed E-state index contributed by atoms with van der Waals surface area (Å²) in [6.45, 7) is 11.9. The molecule has 1 atom stereocenters. The minimum absolute atomic E-state index is 0.464. The molecule has 0 aromatic carbocycles. The van der Waals surface area contributed by atoms with Crippen LogP contribution >= 0.6 is 11.3 Å². The van der Waals surface area contributed by atoms with Crippen LogP contribution in [0, 0.1) is 16.7 Å². The first kappa shape index (κ1) is 14.1. The Kier molecular flexibility index (Phi) is 3.63. The molecule has 102 valence electrons. The van der Waals surface area contributed by atoms with E-state index in [0.717, 1.165) is 12.3 Å². The largest absolute Gasteiger partial charge is 0.316 e. The van der Waals surface area contributed by atoms with Gasteiger partial charge in [-0.05, 0) is 48.8 Å². The van der Waals surface area contributed by atoms with Crippen molar-refractivity contribution in [1.82, 2.24) is 5.32 Å². The van der Waals surface area contributed by atoms with E-state index in [4.69, 9.17) is 0 Å². The highest BCUT2D eigenvalue weighted by molar-refractivity contribution is 7.11. The second-order valence-corrected chi connectivity index (χ2v) is 7.99. The van der Waals surface area contributed by atoms with Gasteiger partial charge in [0.05, 0.1) is 0 Å². The van der Waals surface area contributed by atoms with Crippen molar-refractivity contribution in [1.29, 1.82) is 0 Å². The molecule has 2 rings (SSSR count). The summed E-state index contributed by atoms with van der Waals surface area (Å²) < 4.78 is 0. The predicted octanol–water partition coefficient (Wildman–Crippen LogP) is 4.12. The third-order valence-electron chi connectivity index (χ3n) is 5.39. The Labute approximate surface area is 116 Å². The van der Waals surface area contributed by atoms with Crippen molar-refractivity contribution in [3.63, 3.8) is 0 Å². The van der Waals surface area contributed by atoms with Gasteiger partial charge in [-0.3, -0.25) is 0 Å². The van der Waals surface area contributed by atoms with Crippen LogP contribution in [0.15, 0.2) is 12.1 Å². The van der Waals surface area contributed by atoms with E-state index < -0.39 is 0 Å². The number of aryl methyl sites for hydroxylation is 1. The van der Waals surface area contributed by atoms with Crippen LogP contribution in [0.2, 0.25) is 0 Å². The lowest BCUT2D eigenvalue weighted by atomic mass is 10.0. The van der Waals surface area contributed by atoms with Gasteiger partial charge < -0.3 is 5.32 Å². The first-order valence-corrected chi connectivity index (χ1v) is 7.91. The maximum atomic E-state index is 3.56. The molecule has 1 fully saturated rings. The smallest absolute Gasteiger partial charge is 0.0151 e. The fraction of sp³-hybridized carbons (Fsp3) is 0.750. The summed E-state index contributed by atoms with van der Waals surface area (Å²) in [5.74, 6) is 0.780. The van der Waals surface area contributed by atoms with E-state index in [1.54, 1.807) is 0 Å². The average molecular weight is 265 g/mol. The highest BCUT2D eigenvalue weighted by Gasteiger charge is 2.66. The molecule has 2 heteroatoms. The van der Waals surface area contributed by atoms with Crippen LogP contribution in [0.4, 0.5) is 0 Å². The minimum atomic E-state index is 0.464. The number of hydrogen-bond acceptors (Lipinski definition) is 2. The van der Waals surface area contributed by atoms with Gasteiger partial charge in [-0.15, -0.1) is 11.3 Å². The fourth-order valence-corrected chi connectivity index (χ4v) is 4.59. The van der Waals surface area contributed by atoms with Gasteiger partial charge in [-0.1, -0.05) is 34.6 Å². The molecule has 0 bridgehead atoms. The lowest BCUT2D eigenvalue weighted by Crippen LogP contribution is -2.32. The van der Waals surface area contributed by atoms with Gasteiger partial charge in [0, 0.05) is 15.8 Å². The Morgan fingerprint density at radius 1 is 1.17 bits per heavy atom. The molecular weight excluding hydrogens is 238 g/mol. The minimum Gasteiger partial charge on any atom is -0.316 e. The van der Waals surface area contributed by atoms with E-state index in [9.17, 15) is 0 Å². The molecule has 0 saturated heterocycles. The topological polar surface area (TPSA) is 12.0 Å². The van der Waals surface area contributed by atoms with Crippen LogP contribution in [0.5, 0.6) is 0 Å². The molecule has 0 spiro atoms. The van der Waals surface area contributed by atoms with Crippen molar-refractivity contribution in [3.8, 4) is 0 Å². The van der Waals surface area contributed by atoms with Gasteiger partial charge in [-0.2, -0.15) is 0 Å². The van der Waals surface area contributed by atoms with Gasteiger partial charge in [0.15, 0.2) is 0 Å². The van der Waals surface area contributed by atoms with Gasteiger partial charge in [0.1, 0.15) is 0 Å². The lowest BCUT2D eigenvalue weighted by Gasteiger charge is -2.17. The Balaban J connectivity index is 2.07. The van der Waals surface area contributed by atoms with Gasteiger partial charge in [0.2, 0.25) is 0 Å². The van der Waals surface area contributed by atoms with E-state index in [0.29, 0.717) is 16.9 Å². The third-order valence-corrected chi connectivity index (χ3v) is 6.64. The molecule has 0 aliphatic heterocycles. The molecule has 0 amide bonds. The van der Waals surface area contributed by atoms with E-state index in [2.05, 4.69) is 59.1 Å². The van der Waals surface area contributed by atoms with E-state index in [1.165, 1.54) is 16.2 Å². The highest BCUT2D eigenvalue weighted by atomic mass is 32.1. The maximum Gasteiger partial charge on any atom is 0.0151 e. The van der Waals surface area contributed by atoms with Crippen molar-refractivity contribution >= 4 is 11.3 Å².